The van der Waals surface area contributed by atoms with Gasteiger partial charge in [0.15, 0.2) is 0 Å². The molecule has 22 heavy (non-hydrogen) atoms. The van der Waals surface area contributed by atoms with E-state index >= 15 is 0 Å². The first-order chi connectivity index (χ1) is 10.3. The fourth-order valence-corrected chi connectivity index (χ4v) is 4.18. The van der Waals surface area contributed by atoms with Crippen molar-refractivity contribution in [3.63, 3.8) is 0 Å². The van der Waals surface area contributed by atoms with E-state index in [2.05, 4.69) is 0 Å². The monoisotopic (exact) mass is 325 g/mol. The minimum absolute atomic E-state index is 0.144. The van der Waals surface area contributed by atoms with Crippen LogP contribution in [0.4, 0.5) is 4.79 Å². The number of fused-ring (bicyclic) bond motifs is 2. The molecule has 1 amide bonds. The van der Waals surface area contributed by atoms with Gasteiger partial charge >= 0.3 is 6.09 Å². The Morgan fingerprint density at radius 3 is 2.55 bits per heavy atom. The van der Waals surface area contributed by atoms with E-state index in [1.165, 1.54) is 0 Å². The number of ether oxygens (including phenoxy) is 2. The van der Waals surface area contributed by atoms with Crippen LogP contribution in [0.25, 0.3) is 0 Å². The molecule has 2 aliphatic rings. The predicted octanol–water partition coefficient (Wildman–Crippen LogP) is 2.73. The molecule has 1 aromatic heterocycles. The molecular weight excluding hydrogens is 302 g/mol. The summed E-state index contributed by atoms with van der Waals surface area (Å²) >= 11 is 1.56. The van der Waals surface area contributed by atoms with Crippen molar-refractivity contribution in [2.45, 2.75) is 56.9 Å². The number of morpholine rings is 1. The summed E-state index contributed by atoms with van der Waals surface area (Å²) in [5.74, 6) is 0. The number of aliphatic hydroxyl groups is 1. The van der Waals surface area contributed by atoms with Gasteiger partial charge in [0.25, 0.3) is 0 Å². The van der Waals surface area contributed by atoms with Crippen LogP contribution in [0.1, 0.15) is 38.5 Å². The molecule has 3 heterocycles. The zero-order valence-corrected chi connectivity index (χ0v) is 14.1. The maximum absolute atomic E-state index is 12.5. The van der Waals surface area contributed by atoms with Gasteiger partial charge in [0.2, 0.25) is 0 Å². The predicted molar refractivity (Wildman–Crippen MR) is 83.9 cm³/mol. The molecule has 2 aliphatic heterocycles. The highest BCUT2D eigenvalue weighted by Gasteiger charge is 2.50. The summed E-state index contributed by atoms with van der Waals surface area (Å²) in [5.41, 5.74) is -1.39. The van der Waals surface area contributed by atoms with Crippen molar-refractivity contribution in [2.24, 2.45) is 0 Å². The summed E-state index contributed by atoms with van der Waals surface area (Å²) in [4.78, 5) is 15.2. The van der Waals surface area contributed by atoms with Crippen molar-refractivity contribution < 1.29 is 19.4 Å². The molecule has 0 saturated carbocycles. The zero-order valence-electron chi connectivity index (χ0n) is 13.2. The van der Waals surface area contributed by atoms with Crippen LogP contribution >= 0.6 is 11.3 Å². The molecule has 1 N–H and O–H groups in total. The molecule has 0 aliphatic carbocycles. The molecule has 122 valence electrons. The van der Waals surface area contributed by atoms with Gasteiger partial charge in [-0.15, -0.1) is 11.3 Å². The lowest BCUT2D eigenvalue weighted by molar-refractivity contribution is -0.140. The number of amides is 1. The smallest absolute Gasteiger partial charge is 0.410 e. The van der Waals surface area contributed by atoms with Crippen molar-refractivity contribution in [3.05, 3.63) is 22.4 Å². The van der Waals surface area contributed by atoms with Crippen molar-refractivity contribution in [1.82, 2.24) is 4.90 Å². The third kappa shape index (κ3) is 3.00. The second kappa shape index (κ2) is 5.51. The van der Waals surface area contributed by atoms with E-state index in [1.54, 1.807) is 16.2 Å². The van der Waals surface area contributed by atoms with E-state index in [9.17, 15) is 9.90 Å². The Hall–Kier alpha value is -1.11. The lowest BCUT2D eigenvalue weighted by atomic mass is 9.80. The Balaban J connectivity index is 1.81. The maximum atomic E-state index is 12.5. The quantitative estimate of drug-likeness (QED) is 0.862. The van der Waals surface area contributed by atoms with Crippen molar-refractivity contribution in [2.75, 3.05) is 13.2 Å². The summed E-state index contributed by atoms with van der Waals surface area (Å²) in [6.07, 6.45) is 0.672. The fourth-order valence-electron chi connectivity index (χ4n) is 3.33. The number of carbonyl (C=O) groups is 1. The number of hydrogen-bond acceptors (Lipinski definition) is 5. The molecular formula is C16H23NO4S. The third-order valence-corrected chi connectivity index (χ3v) is 5.20. The van der Waals surface area contributed by atoms with Gasteiger partial charge in [-0.25, -0.2) is 4.79 Å². The molecule has 2 fully saturated rings. The van der Waals surface area contributed by atoms with E-state index in [-0.39, 0.29) is 18.2 Å². The minimum atomic E-state index is -0.869. The molecule has 6 heteroatoms. The minimum Gasteiger partial charge on any atom is -0.444 e. The van der Waals surface area contributed by atoms with E-state index < -0.39 is 11.2 Å². The standard InChI is InChI=1S/C16H23NO4S/c1-15(2,3)21-14(18)17-11-7-16(19,13-5-4-6-22-13)8-12(17)10-20-9-11/h4-6,11-12,19H,7-10H2,1-3H3. The maximum Gasteiger partial charge on any atom is 0.410 e. The average molecular weight is 325 g/mol. The summed E-state index contributed by atoms with van der Waals surface area (Å²) in [7, 11) is 0. The Kier molecular flexibility index (Phi) is 3.95. The number of nitrogens with zero attached hydrogens (tertiary/aromatic N) is 1. The first-order valence-electron chi connectivity index (χ1n) is 7.64. The van der Waals surface area contributed by atoms with Gasteiger partial charge in [0.1, 0.15) is 11.2 Å². The van der Waals surface area contributed by atoms with Crippen LogP contribution in [0.15, 0.2) is 17.5 Å². The first kappa shape index (κ1) is 15.8. The van der Waals surface area contributed by atoms with E-state index in [4.69, 9.17) is 9.47 Å². The van der Waals surface area contributed by atoms with E-state index in [1.807, 2.05) is 38.3 Å². The first-order valence-corrected chi connectivity index (χ1v) is 8.52. The zero-order chi connectivity index (χ0) is 16.0. The highest BCUT2D eigenvalue weighted by molar-refractivity contribution is 7.10. The lowest BCUT2D eigenvalue weighted by Crippen LogP contribution is -2.63. The van der Waals surface area contributed by atoms with Crippen molar-refractivity contribution in [3.8, 4) is 0 Å². The van der Waals surface area contributed by atoms with Gasteiger partial charge in [-0.2, -0.15) is 0 Å². The van der Waals surface area contributed by atoms with E-state index in [0.717, 1.165) is 4.88 Å². The van der Waals surface area contributed by atoms with Crippen LogP contribution in [0, 0.1) is 0 Å². The molecule has 5 nitrogen and oxygen atoms in total. The third-order valence-electron chi connectivity index (χ3n) is 4.14. The molecule has 0 spiro atoms. The summed E-state index contributed by atoms with van der Waals surface area (Å²) < 4.78 is 11.1. The van der Waals surface area contributed by atoms with Crippen molar-refractivity contribution in [1.29, 1.82) is 0 Å². The molecule has 3 rings (SSSR count). The molecule has 1 aromatic rings. The second-order valence-electron chi connectivity index (χ2n) is 7.15. The van der Waals surface area contributed by atoms with Crippen LogP contribution < -0.4 is 0 Å². The van der Waals surface area contributed by atoms with Gasteiger partial charge in [-0.3, -0.25) is 4.90 Å². The average Bonchev–Trinajstić information content (AvgIpc) is 2.89. The molecule has 0 radical (unpaired) electrons. The van der Waals surface area contributed by atoms with Gasteiger partial charge in [-0.05, 0) is 32.2 Å². The lowest BCUT2D eigenvalue weighted by Gasteiger charge is -2.51. The number of thiophene rings is 1. The number of rotatable bonds is 1. The second-order valence-corrected chi connectivity index (χ2v) is 8.10. The van der Waals surface area contributed by atoms with Crippen LogP contribution in [-0.4, -0.2) is 47.0 Å². The molecule has 2 bridgehead atoms. The Bertz CT molecular complexity index is 523. The summed E-state index contributed by atoms with van der Waals surface area (Å²) in [5, 5.41) is 13.0. The number of carbonyl (C=O) groups excluding carboxylic acids is 1. The van der Waals surface area contributed by atoms with Gasteiger partial charge in [-0.1, -0.05) is 6.07 Å². The Morgan fingerprint density at radius 2 is 2.05 bits per heavy atom. The summed E-state index contributed by atoms with van der Waals surface area (Å²) in [6, 6.07) is 3.62. The molecule has 2 saturated heterocycles. The molecule has 2 atom stereocenters. The Labute approximate surface area is 134 Å². The summed E-state index contributed by atoms with van der Waals surface area (Å²) in [6.45, 7) is 6.49. The van der Waals surface area contributed by atoms with Gasteiger partial charge in [0, 0.05) is 17.7 Å². The highest BCUT2D eigenvalue weighted by atomic mass is 32.1. The normalized spacial score (nSPS) is 31.9. The van der Waals surface area contributed by atoms with Crippen LogP contribution in [0.3, 0.4) is 0 Å². The van der Waals surface area contributed by atoms with Crippen LogP contribution in [-0.2, 0) is 15.1 Å². The van der Waals surface area contributed by atoms with Crippen LogP contribution in [0.2, 0.25) is 0 Å². The number of piperidine rings is 1. The molecule has 2 unspecified atom stereocenters. The van der Waals surface area contributed by atoms with Crippen LogP contribution in [0.5, 0.6) is 0 Å². The van der Waals surface area contributed by atoms with E-state index in [0.29, 0.717) is 26.1 Å². The molecule has 0 aromatic carbocycles. The largest absolute Gasteiger partial charge is 0.444 e. The van der Waals surface area contributed by atoms with Gasteiger partial charge in [0.05, 0.1) is 25.3 Å². The van der Waals surface area contributed by atoms with Gasteiger partial charge < -0.3 is 14.6 Å². The topological polar surface area (TPSA) is 59.0 Å². The Morgan fingerprint density at radius 1 is 1.41 bits per heavy atom. The van der Waals surface area contributed by atoms with Crippen molar-refractivity contribution >= 4 is 17.4 Å². The fraction of sp³-hybridized carbons (Fsp3) is 0.688. The number of hydrogen-bond donors (Lipinski definition) is 1. The highest BCUT2D eigenvalue weighted by Crippen LogP contribution is 2.42. The SMILES string of the molecule is CC(C)(C)OC(=O)N1C2COCC1CC(O)(c1cccs1)C2.